The number of hydrogen-bond acceptors (Lipinski definition) is 4. The van der Waals surface area contributed by atoms with Gasteiger partial charge in [0.05, 0.1) is 0 Å². The molecular formula is C24H17F2NO4. The maximum absolute atomic E-state index is 15.8. The zero-order valence-electron chi connectivity index (χ0n) is 16.1. The molecular weight excluding hydrogens is 404 g/mol. The molecule has 0 bridgehead atoms. The predicted octanol–water partition coefficient (Wildman–Crippen LogP) is 4.32. The number of hydrogen-bond donors (Lipinski definition) is 2. The van der Waals surface area contributed by atoms with Crippen LogP contribution >= 0.6 is 0 Å². The van der Waals surface area contributed by atoms with Gasteiger partial charge in [-0.05, 0) is 12.1 Å². The van der Waals surface area contributed by atoms with Crippen molar-refractivity contribution in [2.24, 2.45) is 0 Å². The lowest BCUT2D eigenvalue weighted by molar-refractivity contribution is -0.206. The van der Waals surface area contributed by atoms with Crippen molar-refractivity contribution in [2.45, 2.75) is 11.5 Å². The SMILES string of the molecule is O=C1OC(c2ccccc2)(c2ccccc2)C(F)(F)C(O)=C1NC(=O)c1ccccc1. The van der Waals surface area contributed by atoms with E-state index in [2.05, 4.69) is 5.32 Å². The zero-order valence-corrected chi connectivity index (χ0v) is 16.1. The Bertz CT molecular complexity index is 1110. The molecule has 0 atom stereocenters. The Morgan fingerprint density at radius 2 is 1.26 bits per heavy atom. The van der Waals surface area contributed by atoms with Crippen LogP contribution in [0.1, 0.15) is 21.5 Å². The van der Waals surface area contributed by atoms with Gasteiger partial charge in [-0.3, -0.25) is 4.79 Å². The first kappa shape index (κ1) is 20.3. The van der Waals surface area contributed by atoms with E-state index in [0.717, 1.165) is 0 Å². The first-order valence-corrected chi connectivity index (χ1v) is 9.40. The average molecular weight is 421 g/mol. The van der Waals surface area contributed by atoms with Gasteiger partial charge in [0, 0.05) is 16.7 Å². The minimum absolute atomic E-state index is 0.0282. The van der Waals surface area contributed by atoms with Gasteiger partial charge < -0.3 is 15.2 Å². The lowest BCUT2D eigenvalue weighted by Crippen LogP contribution is -2.56. The van der Waals surface area contributed by atoms with Crippen LogP contribution in [0.2, 0.25) is 0 Å². The van der Waals surface area contributed by atoms with Crippen LogP contribution < -0.4 is 5.32 Å². The van der Waals surface area contributed by atoms with Gasteiger partial charge in [-0.2, -0.15) is 8.78 Å². The summed E-state index contributed by atoms with van der Waals surface area (Å²) < 4.78 is 37.0. The Morgan fingerprint density at radius 3 is 1.74 bits per heavy atom. The van der Waals surface area contributed by atoms with Crippen LogP contribution in [0.4, 0.5) is 8.78 Å². The van der Waals surface area contributed by atoms with Crippen LogP contribution in [0.15, 0.2) is 102 Å². The van der Waals surface area contributed by atoms with Crippen molar-refractivity contribution in [1.82, 2.24) is 5.32 Å². The highest BCUT2D eigenvalue weighted by atomic mass is 19.3. The fourth-order valence-corrected chi connectivity index (χ4v) is 3.55. The molecule has 0 saturated carbocycles. The summed E-state index contributed by atoms with van der Waals surface area (Å²) in [5, 5.41) is 12.6. The maximum atomic E-state index is 15.8. The maximum Gasteiger partial charge on any atom is 0.360 e. The molecule has 4 rings (SSSR count). The third kappa shape index (κ3) is 3.24. The standard InChI is InChI=1S/C24H17F2NO4/c25-24(26)20(28)19(27-21(29)16-10-4-1-5-11-16)22(30)31-23(24,17-12-6-2-7-13-17)18-14-8-3-9-15-18/h1-15,28H,(H,27,29). The van der Waals surface area contributed by atoms with Crippen molar-refractivity contribution in [3.8, 4) is 0 Å². The summed E-state index contributed by atoms with van der Waals surface area (Å²) in [6.45, 7) is 0. The van der Waals surface area contributed by atoms with Crippen LogP contribution in [-0.4, -0.2) is 22.9 Å². The predicted molar refractivity (Wildman–Crippen MR) is 108 cm³/mol. The molecule has 2 N–H and O–H groups in total. The highest BCUT2D eigenvalue weighted by Crippen LogP contribution is 2.52. The number of nitrogens with one attached hydrogen (secondary N) is 1. The lowest BCUT2D eigenvalue weighted by atomic mass is 9.78. The molecule has 0 aliphatic carbocycles. The monoisotopic (exact) mass is 421 g/mol. The summed E-state index contributed by atoms with van der Waals surface area (Å²) in [5.41, 5.74) is -3.54. The summed E-state index contributed by atoms with van der Waals surface area (Å²) >= 11 is 0. The van der Waals surface area contributed by atoms with E-state index in [1.807, 2.05) is 0 Å². The van der Waals surface area contributed by atoms with Gasteiger partial charge in [-0.25, -0.2) is 4.79 Å². The second kappa shape index (κ2) is 7.68. The summed E-state index contributed by atoms with van der Waals surface area (Å²) in [5.74, 6) is -7.76. The van der Waals surface area contributed by atoms with E-state index in [1.54, 1.807) is 30.3 Å². The van der Waals surface area contributed by atoms with Crippen molar-refractivity contribution < 1.29 is 28.2 Å². The van der Waals surface area contributed by atoms with Gasteiger partial charge in [0.15, 0.2) is 11.5 Å². The minimum Gasteiger partial charge on any atom is -0.505 e. The third-order valence-electron chi connectivity index (χ3n) is 5.06. The highest BCUT2D eigenvalue weighted by molar-refractivity contribution is 6.02. The van der Waals surface area contributed by atoms with Crippen LogP contribution in [0.25, 0.3) is 0 Å². The number of carbonyl (C=O) groups excluding carboxylic acids is 2. The second-order valence-corrected chi connectivity index (χ2v) is 6.92. The number of benzene rings is 3. The molecule has 31 heavy (non-hydrogen) atoms. The number of aliphatic hydroxyl groups excluding tert-OH is 1. The molecule has 0 radical (unpaired) electrons. The van der Waals surface area contributed by atoms with Gasteiger partial charge in [-0.15, -0.1) is 0 Å². The summed E-state index contributed by atoms with van der Waals surface area (Å²) in [6, 6.07) is 22.6. The van der Waals surface area contributed by atoms with E-state index in [9.17, 15) is 14.7 Å². The lowest BCUT2D eigenvalue weighted by Gasteiger charge is -2.43. The van der Waals surface area contributed by atoms with Gasteiger partial charge in [0.25, 0.3) is 5.91 Å². The van der Waals surface area contributed by atoms with E-state index in [0.29, 0.717) is 0 Å². The molecule has 5 nitrogen and oxygen atoms in total. The Kier molecular flexibility index (Phi) is 5.02. The van der Waals surface area contributed by atoms with E-state index in [-0.39, 0.29) is 16.7 Å². The van der Waals surface area contributed by atoms with Crippen molar-refractivity contribution >= 4 is 11.9 Å². The van der Waals surface area contributed by atoms with Crippen molar-refractivity contribution in [1.29, 1.82) is 0 Å². The minimum atomic E-state index is -4.08. The number of ether oxygens (including phenoxy) is 1. The number of rotatable bonds is 4. The number of alkyl halides is 2. The first-order valence-electron chi connectivity index (χ1n) is 9.40. The van der Waals surface area contributed by atoms with Gasteiger partial charge in [0.1, 0.15) is 0 Å². The van der Waals surface area contributed by atoms with Gasteiger partial charge in [-0.1, -0.05) is 78.9 Å². The number of aliphatic hydroxyl groups is 1. The molecule has 0 saturated heterocycles. The molecule has 1 amide bonds. The molecule has 0 unspecified atom stereocenters. The highest BCUT2D eigenvalue weighted by Gasteiger charge is 2.66. The zero-order chi connectivity index (χ0) is 22.1. The van der Waals surface area contributed by atoms with E-state index < -0.39 is 34.9 Å². The first-order chi connectivity index (χ1) is 14.9. The summed E-state index contributed by atoms with van der Waals surface area (Å²) in [4.78, 5) is 25.2. The Balaban J connectivity index is 1.86. The molecule has 3 aromatic carbocycles. The molecule has 1 aliphatic heterocycles. The molecule has 0 aromatic heterocycles. The fraction of sp³-hybridized carbons (Fsp3) is 0.0833. The van der Waals surface area contributed by atoms with Gasteiger partial charge >= 0.3 is 11.9 Å². The van der Waals surface area contributed by atoms with E-state index in [1.165, 1.54) is 60.7 Å². The fourth-order valence-electron chi connectivity index (χ4n) is 3.55. The largest absolute Gasteiger partial charge is 0.505 e. The smallest absolute Gasteiger partial charge is 0.360 e. The van der Waals surface area contributed by atoms with Crippen molar-refractivity contribution in [3.63, 3.8) is 0 Å². The number of halogens is 2. The van der Waals surface area contributed by atoms with E-state index in [4.69, 9.17) is 4.74 Å². The number of carbonyl (C=O) groups is 2. The van der Waals surface area contributed by atoms with Crippen LogP contribution in [-0.2, 0) is 15.1 Å². The molecule has 0 spiro atoms. The number of amides is 1. The molecule has 1 heterocycles. The van der Waals surface area contributed by atoms with Crippen molar-refractivity contribution in [3.05, 3.63) is 119 Å². The second-order valence-electron chi connectivity index (χ2n) is 6.92. The molecule has 156 valence electrons. The quantitative estimate of drug-likeness (QED) is 0.615. The molecule has 7 heteroatoms. The van der Waals surface area contributed by atoms with Crippen molar-refractivity contribution in [2.75, 3.05) is 0 Å². The molecule has 1 aliphatic rings. The Morgan fingerprint density at radius 1 is 0.806 bits per heavy atom. The number of esters is 1. The molecule has 0 fully saturated rings. The molecule has 3 aromatic rings. The average Bonchev–Trinajstić information content (AvgIpc) is 2.81. The number of cyclic esters (lactones) is 1. The Hall–Kier alpha value is -4.00. The van der Waals surface area contributed by atoms with Crippen LogP contribution in [0.5, 0.6) is 0 Å². The van der Waals surface area contributed by atoms with Crippen LogP contribution in [0, 0.1) is 0 Å². The van der Waals surface area contributed by atoms with E-state index >= 15 is 8.78 Å². The normalized spacial score (nSPS) is 17.0. The summed E-state index contributed by atoms with van der Waals surface area (Å²) in [7, 11) is 0. The third-order valence-corrected chi connectivity index (χ3v) is 5.06. The summed E-state index contributed by atoms with van der Waals surface area (Å²) in [6.07, 6.45) is 0. The van der Waals surface area contributed by atoms with Crippen LogP contribution in [0.3, 0.4) is 0 Å². The van der Waals surface area contributed by atoms with Gasteiger partial charge in [0.2, 0.25) is 5.60 Å². The topological polar surface area (TPSA) is 75.6 Å². The Labute approximate surface area is 176 Å².